The molecule has 2 heterocycles. The Labute approximate surface area is 110 Å². The van der Waals surface area contributed by atoms with Crippen molar-refractivity contribution in [1.82, 2.24) is 14.5 Å². The third kappa shape index (κ3) is 2.68. The first kappa shape index (κ1) is 12.6. The molecule has 0 spiro atoms. The van der Waals surface area contributed by atoms with Gasteiger partial charge in [0.15, 0.2) is 0 Å². The highest BCUT2D eigenvalue weighted by Crippen LogP contribution is 2.12. The number of rotatable bonds is 3. The number of hydrogen-bond acceptors (Lipinski definition) is 3. The molecule has 2 aromatic rings. The topological polar surface area (TPSA) is 59.8 Å². The van der Waals surface area contributed by atoms with Gasteiger partial charge in [-0.2, -0.15) is 0 Å². The summed E-state index contributed by atoms with van der Waals surface area (Å²) in [4.78, 5) is 19.8. The number of amides is 1. The van der Waals surface area contributed by atoms with Crippen molar-refractivity contribution >= 4 is 23.2 Å². The number of carbonyl (C=O) groups is 1. The number of anilines is 1. The smallest absolute Gasteiger partial charge is 0.242 e. The van der Waals surface area contributed by atoms with E-state index in [1.807, 2.05) is 23.8 Å². The van der Waals surface area contributed by atoms with Gasteiger partial charge in [0.1, 0.15) is 17.0 Å². The van der Waals surface area contributed by atoms with Crippen molar-refractivity contribution in [1.29, 1.82) is 0 Å². The zero-order chi connectivity index (χ0) is 13.1. The maximum atomic E-state index is 11.4. The Bertz CT molecular complexity index is 547. The van der Waals surface area contributed by atoms with Gasteiger partial charge in [0.05, 0.1) is 11.9 Å². The summed E-state index contributed by atoms with van der Waals surface area (Å²) in [6, 6.07) is 3.59. The second kappa shape index (κ2) is 5.18. The molecule has 1 N–H and O–H groups in total. The summed E-state index contributed by atoms with van der Waals surface area (Å²) in [5, 5.41) is 2.10. The second-order valence-corrected chi connectivity index (χ2v) is 4.51. The van der Waals surface area contributed by atoms with E-state index in [0.29, 0.717) is 5.69 Å². The largest absolute Gasteiger partial charge is 0.323 e. The molecule has 18 heavy (non-hydrogen) atoms. The number of aryl methyl sites for hydroxylation is 1. The lowest BCUT2D eigenvalue weighted by Crippen LogP contribution is -2.20. The predicted molar refractivity (Wildman–Crippen MR) is 70.0 cm³/mol. The van der Waals surface area contributed by atoms with Gasteiger partial charge in [0.2, 0.25) is 5.91 Å². The number of aromatic nitrogens is 3. The van der Waals surface area contributed by atoms with Gasteiger partial charge < -0.3 is 5.32 Å². The number of imidazole rings is 1. The van der Waals surface area contributed by atoms with Crippen LogP contribution < -0.4 is 5.32 Å². The minimum absolute atomic E-state index is 0.245. The zero-order valence-corrected chi connectivity index (χ0v) is 10.8. The molecule has 0 aliphatic rings. The van der Waals surface area contributed by atoms with Crippen LogP contribution in [0.25, 0.3) is 5.82 Å². The number of hydrogen-bond donors (Lipinski definition) is 1. The molecule has 0 aromatic carbocycles. The van der Waals surface area contributed by atoms with E-state index in [1.54, 1.807) is 25.4 Å². The van der Waals surface area contributed by atoms with E-state index in [2.05, 4.69) is 15.3 Å². The van der Waals surface area contributed by atoms with Crippen molar-refractivity contribution < 1.29 is 4.79 Å². The molecule has 0 bridgehead atoms. The molecule has 0 fully saturated rings. The Hall–Kier alpha value is -1.88. The average Bonchev–Trinajstić information content (AvgIpc) is 2.76. The van der Waals surface area contributed by atoms with Crippen molar-refractivity contribution in [2.75, 3.05) is 5.32 Å². The highest BCUT2D eigenvalue weighted by Gasteiger charge is 2.09. The molecular formula is C12H13ClN4O. The van der Waals surface area contributed by atoms with Gasteiger partial charge in [-0.15, -0.1) is 11.6 Å². The highest BCUT2D eigenvalue weighted by molar-refractivity contribution is 6.32. The van der Waals surface area contributed by atoms with Crippen LogP contribution in [0.3, 0.4) is 0 Å². The Morgan fingerprint density at radius 2 is 2.22 bits per heavy atom. The lowest BCUT2D eigenvalue weighted by Gasteiger charge is -2.08. The van der Waals surface area contributed by atoms with Gasteiger partial charge in [-0.05, 0) is 26.0 Å². The van der Waals surface area contributed by atoms with Crippen molar-refractivity contribution in [2.45, 2.75) is 19.2 Å². The quantitative estimate of drug-likeness (QED) is 0.864. The molecule has 1 atom stereocenters. The van der Waals surface area contributed by atoms with Crippen molar-refractivity contribution in [3.8, 4) is 5.82 Å². The van der Waals surface area contributed by atoms with Crippen LogP contribution in [-0.2, 0) is 4.79 Å². The standard InChI is InChI=1S/C12H13ClN4O/c1-8(13)12(18)16-10-3-4-11(15-7-10)17-6-5-14-9(17)2/h3-8H,1-2H3,(H,16,18). The number of alkyl halides is 1. The Morgan fingerprint density at radius 1 is 1.44 bits per heavy atom. The molecular weight excluding hydrogens is 252 g/mol. The fourth-order valence-corrected chi connectivity index (χ4v) is 1.52. The summed E-state index contributed by atoms with van der Waals surface area (Å²) >= 11 is 5.67. The van der Waals surface area contributed by atoms with Gasteiger partial charge in [-0.3, -0.25) is 9.36 Å². The van der Waals surface area contributed by atoms with Crippen LogP contribution in [-0.4, -0.2) is 25.8 Å². The first-order valence-corrected chi connectivity index (χ1v) is 5.93. The highest BCUT2D eigenvalue weighted by atomic mass is 35.5. The molecule has 94 valence electrons. The van der Waals surface area contributed by atoms with Gasteiger partial charge in [0, 0.05) is 12.4 Å². The maximum Gasteiger partial charge on any atom is 0.242 e. The number of nitrogens with zero attached hydrogens (tertiary/aromatic N) is 3. The van der Waals surface area contributed by atoms with Gasteiger partial charge in [0.25, 0.3) is 0 Å². The van der Waals surface area contributed by atoms with Gasteiger partial charge in [-0.25, -0.2) is 9.97 Å². The molecule has 2 aromatic heterocycles. The first-order valence-electron chi connectivity index (χ1n) is 5.49. The van der Waals surface area contributed by atoms with E-state index < -0.39 is 5.38 Å². The number of carbonyl (C=O) groups excluding carboxylic acids is 1. The molecule has 0 radical (unpaired) electrons. The lowest BCUT2D eigenvalue weighted by molar-refractivity contribution is -0.115. The minimum Gasteiger partial charge on any atom is -0.323 e. The summed E-state index contributed by atoms with van der Waals surface area (Å²) in [5.74, 6) is 1.36. The fourth-order valence-electron chi connectivity index (χ4n) is 1.46. The van der Waals surface area contributed by atoms with E-state index in [4.69, 9.17) is 11.6 Å². The Kier molecular flexibility index (Phi) is 3.62. The monoisotopic (exact) mass is 264 g/mol. The van der Waals surface area contributed by atoms with E-state index in [1.165, 1.54) is 0 Å². The fraction of sp³-hybridized carbons (Fsp3) is 0.250. The van der Waals surface area contributed by atoms with Crippen LogP contribution >= 0.6 is 11.6 Å². The second-order valence-electron chi connectivity index (χ2n) is 3.85. The third-order valence-electron chi connectivity index (χ3n) is 2.45. The minimum atomic E-state index is -0.569. The first-order chi connectivity index (χ1) is 8.58. The zero-order valence-electron chi connectivity index (χ0n) is 10.1. The van der Waals surface area contributed by atoms with E-state index >= 15 is 0 Å². The van der Waals surface area contributed by atoms with E-state index in [0.717, 1.165) is 11.6 Å². The molecule has 1 unspecified atom stereocenters. The number of pyridine rings is 1. The molecule has 5 nitrogen and oxygen atoms in total. The maximum absolute atomic E-state index is 11.4. The van der Waals surface area contributed by atoms with Crippen molar-refractivity contribution in [2.24, 2.45) is 0 Å². The molecule has 2 rings (SSSR count). The molecule has 0 saturated heterocycles. The van der Waals surface area contributed by atoms with Gasteiger partial charge in [-0.1, -0.05) is 0 Å². The SMILES string of the molecule is Cc1nccn1-c1ccc(NC(=O)C(C)Cl)cn1. The van der Waals surface area contributed by atoms with Crippen molar-refractivity contribution in [3.05, 3.63) is 36.5 Å². The Balaban J connectivity index is 2.16. The summed E-state index contributed by atoms with van der Waals surface area (Å²) in [6.07, 6.45) is 5.13. The van der Waals surface area contributed by atoms with Crippen molar-refractivity contribution in [3.63, 3.8) is 0 Å². The molecule has 0 aliphatic heterocycles. The van der Waals surface area contributed by atoms with Crippen LogP contribution in [0.2, 0.25) is 0 Å². The summed E-state index contributed by atoms with van der Waals surface area (Å²) in [7, 11) is 0. The molecule has 0 aliphatic carbocycles. The van der Waals surface area contributed by atoms with Gasteiger partial charge >= 0.3 is 0 Å². The van der Waals surface area contributed by atoms with Crippen LogP contribution in [0, 0.1) is 6.92 Å². The predicted octanol–water partition coefficient (Wildman–Crippen LogP) is 2.14. The van der Waals surface area contributed by atoms with Crippen LogP contribution in [0.5, 0.6) is 0 Å². The van der Waals surface area contributed by atoms with Crippen LogP contribution in [0.15, 0.2) is 30.7 Å². The Morgan fingerprint density at radius 3 is 2.72 bits per heavy atom. The third-order valence-corrected chi connectivity index (χ3v) is 2.65. The molecule has 0 saturated carbocycles. The van der Waals surface area contributed by atoms with E-state index in [9.17, 15) is 4.79 Å². The summed E-state index contributed by atoms with van der Waals surface area (Å²) < 4.78 is 1.86. The van der Waals surface area contributed by atoms with Crippen LogP contribution in [0.4, 0.5) is 5.69 Å². The van der Waals surface area contributed by atoms with E-state index in [-0.39, 0.29) is 5.91 Å². The lowest BCUT2D eigenvalue weighted by atomic mass is 10.3. The summed E-state index contributed by atoms with van der Waals surface area (Å²) in [5.41, 5.74) is 0.619. The van der Waals surface area contributed by atoms with Crippen LogP contribution in [0.1, 0.15) is 12.7 Å². The number of halogens is 1. The summed E-state index contributed by atoms with van der Waals surface area (Å²) in [6.45, 7) is 3.51. The molecule has 6 heteroatoms. The number of nitrogens with one attached hydrogen (secondary N) is 1. The normalized spacial score (nSPS) is 12.2. The molecule has 1 amide bonds. The average molecular weight is 265 g/mol.